The second-order valence-electron chi connectivity index (χ2n) is 5.75. The number of benzene rings is 1. The van der Waals surface area contributed by atoms with Crippen molar-refractivity contribution in [3.8, 4) is 6.07 Å². The first-order valence-electron chi connectivity index (χ1n) is 7.36. The second kappa shape index (κ2) is 7.69. The van der Waals surface area contributed by atoms with Crippen LogP contribution in [0.25, 0.3) is 6.08 Å². The van der Waals surface area contributed by atoms with Gasteiger partial charge in [0.25, 0.3) is 5.91 Å². The number of nitrogens with one attached hydrogen (secondary N) is 1. The van der Waals surface area contributed by atoms with Crippen molar-refractivity contribution in [2.75, 3.05) is 6.61 Å². The van der Waals surface area contributed by atoms with Crippen LogP contribution in [0.4, 0.5) is 0 Å². The number of amides is 1. The summed E-state index contributed by atoms with van der Waals surface area (Å²) in [5.74, 6) is -1.000. The van der Waals surface area contributed by atoms with E-state index in [1.165, 1.54) is 12.2 Å². The number of rotatable bonds is 6. The molecule has 1 aliphatic carbocycles. The van der Waals surface area contributed by atoms with E-state index in [2.05, 4.69) is 11.4 Å². The second-order valence-corrected chi connectivity index (χ2v) is 6.57. The van der Waals surface area contributed by atoms with Gasteiger partial charge in [-0.05, 0) is 49.5 Å². The number of carbonyl (C=O) groups excluding carboxylic acids is 2. The largest absolute Gasteiger partial charge is 0.452 e. The monoisotopic (exact) mass is 366 g/mol. The highest BCUT2D eigenvalue weighted by Crippen LogP contribution is 2.39. The van der Waals surface area contributed by atoms with E-state index in [-0.39, 0.29) is 5.92 Å². The minimum absolute atomic E-state index is 0.164. The molecule has 1 amide bonds. The predicted molar refractivity (Wildman–Crippen MR) is 91.3 cm³/mol. The van der Waals surface area contributed by atoms with Gasteiger partial charge < -0.3 is 10.1 Å². The Morgan fingerprint density at radius 2 is 2.12 bits per heavy atom. The standard InChI is InChI=1S/C17H16Cl2N2O3/c1-17(10-20,12-4-5-12)21-15(22)9-24-16(23)7-3-11-2-6-13(18)14(19)8-11/h2-3,6-8,12H,4-5,9H2,1H3,(H,21,22)/b7-3+/t17-/m1/s1. The van der Waals surface area contributed by atoms with Crippen LogP contribution >= 0.6 is 23.2 Å². The molecule has 1 fully saturated rings. The molecule has 1 atom stereocenters. The third-order valence-electron chi connectivity index (χ3n) is 3.73. The van der Waals surface area contributed by atoms with Crippen LogP contribution in [0.5, 0.6) is 0 Å². The number of esters is 1. The highest BCUT2D eigenvalue weighted by Gasteiger charge is 2.43. The predicted octanol–water partition coefficient (Wildman–Crippen LogP) is 3.36. The zero-order chi connectivity index (χ0) is 17.7. The molecule has 1 aromatic carbocycles. The van der Waals surface area contributed by atoms with Crippen LogP contribution in [0.15, 0.2) is 24.3 Å². The number of nitrogens with zero attached hydrogens (tertiary/aromatic N) is 1. The van der Waals surface area contributed by atoms with Crippen molar-refractivity contribution in [3.63, 3.8) is 0 Å². The van der Waals surface area contributed by atoms with Crippen molar-refractivity contribution in [1.82, 2.24) is 5.32 Å². The molecule has 0 aliphatic heterocycles. The molecule has 1 saturated carbocycles. The van der Waals surface area contributed by atoms with Crippen molar-refractivity contribution >= 4 is 41.2 Å². The molecular formula is C17H16Cl2N2O3. The van der Waals surface area contributed by atoms with Crippen molar-refractivity contribution in [2.24, 2.45) is 5.92 Å². The summed E-state index contributed by atoms with van der Waals surface area (Å²) in [5, 5.41) is 12.6. The average molecular weight is 367 g/mol. The number of hydrogen-bond acceptors (Lipinski definition) is 4. The van der Waals surface area contributed by atoms with E-state index in [4.69, 9.17) is 27.9 Å². The van der Waals surface area contributed by atoms with Gasteiger partial charge in [0, 0.05) is 6.08 Å². The molecule has 0 bridgehead atoms. The molecule has 1 aliphatic rings. The average Bonchev–Trinajstić information content (AvgIpc) is 3.39. The summed E-state index contributed by atoms with van der Waals surface area (Å²) in [5.41, 5.74) is -0.226. The Bertz CT molecular complexity index is 723. The maximum atomic E-state index is 11.8. The Balaban J connectivity index is 1.82. The lowest BCUT2D eigenvalue weighted by Crippen LogP contribution is -2.48. The van der Waals surface area contributed by atoms with Gasteiger partial charge in [0.15, 0.2) is 6.61 Å². The molecule has 0 saturated heterocycles. The Morgan fingerprint density at radius 3 is 2.71 bits per heavy atom. The van der Waals surface area contributed by atoms with Crippen LogP contribution in [0.1, 0.15) is 25.3 Å². The van der Waals surface area contributed by atoms with Gasteiger partial charge in [-0.15, -0.1) is 0 Å². The number of carbonyl (C=O) groups is 2. The summed E-state index contributed by atoms with van der Waals surface area (Å²) in [6, 6.07) is 7.02. The van der Waals surface area contributed by atoms with E-state index in [1.807, 2.05) is 0 Å². The lowest BCUT2D eigenvalue weighted by molar-refractivity contribution is -0.144. The lowest BCUT2D eigenvalue weighted by atomic mass is 9.98. The van der Waals surface area contributed by atoms with Crippen molar-refractivity contribution < 1.29 is 14.3 Å². The molecule has 0 radical (unpaired) electrons. The van der Waals surface area contributed by atoms with Gasteiger partial charge in [-0.2, -0.15) is 5.26 Å². The summed E-state index contributed by atoms with van der Waals surface area (Å²) in [6.45, 7) is 1.24. The van der Waals surface area contributed by atoms with Gasteiger partial charge in [0.05, 0.1) is 16.1 Å². The molecule has 0 heterocycles. The van der Waals surface area contributed by atoms with E-state index in [0.717, 1.165) is 12.8 Å². The maximum Gasteiger partial charge on any atom is 0.331 e. The third kappa shape index (κ3) is 4.98. The summed E-state index contributed by atoms with van der Waals surface area (Å²) in [6.07, 6.45) is 4.52. The SMILES string of the molecule is C[C@](C#N)(NC(=O)COC(=O)/C=C/c1ccc(Cl)c(Cl)c1)C1CC1. The van der Waals surface area contributed by atoms with Crippen molar-refractivity contribution in [2.45, 2.75) is 25.3 Å². The molecule has 5 nitrogen and oxygen atoms in total. The molecule has 24 heavy (non-hydrogen) atoms. The fourth-order valence-electron chi connectivity index (χ4n) is 2.17. The van der Waals surface area contributed by atoms with Gasteiger partial charge in [0.2, 0.25) is 0 Å². The minimum Gasteiger partial charge on any atom is -0.452 e. The van der Waals surface area contributed by atoms with Crippen molar-refractivity contribution in [3.05, 3.63) is 39.9 Å². The topological polar surface area (TPSA) is 79.2 Å². The number of hydrogen-bond donors (Lipinski definition) is 1. The molecule has 1 N–H and O–H groups in total. The highest BCUT2D eigenvalue weighted by atomic mass is 35.5. The van der Waals surface area contributed by atoms with Crippen LogP contribution in [0.3, 0.4) is 0 Å². The van der Waals surface area contributed by atoms with Crippen LogP contribution in [0.2, 0.25) is 10.0 Å². The Hall–Kier alpha value is -2.03. The molecule has 7 heteroatoms. The normalized spacial score (nSPS) is 16.2. The van der Waals surface area contributed by atoms with Crippen molar-refractivity contribution in [1.29, 1.82) is 5.26 Å². The minimum atomic E-state index is -0.903. The Labute approximate surface area is 150 Å². The Morgan fingerprint density at radius 1 is 1.42 bits per heavy atom. The molecule has 0 aromatic heterocycles. The lowest BCUT2D eigenvalue weighted by Gasteiger charge is -2.22. The fraction of sp³-hybridized carbons (Fsp3) is 0.353. The molecule has 126 valence electrons. The fourth-order valence-corrected chi connectivity index (χ4v) is 2.48. The van der Waals surface area contributed by atoms with Gasteiger partial charge in [0.1, 0.15) is 5.54 Å². The zero-order valence-corrected chi connectivity index (χ0v) is 14.5. The quantitative estimate of drug-likeness (QED) is 0.618. The van der Waals surface area contributed by atoms with Gasteiger partial charge in [-0.25, -0.2) is 4.79 Å². The first-order valence-corrected chi connectivity index (χ1v) is 8.12. The number of halogens is 2. The van der Waals surface area contributed by atoms with Crippen LogP contribution in [-0.2, 0) is 14.3 Å². The highest BCUT2D eigenvalue weighted by molar-refractivity contribution is 6.42. The summed E-state index contributed by atoms with van der Waals surface area (Å²) in [7, 11) is 0. The van der Waals surface area contributed by atoms with Gasteiger partial charge >= 0.3 is 5.97 Å². The maximum absolute atomic E-state index is 11.8. The summed E-state index contributed by atoms with van der Waals surface area (Å²) < 4.78 is 4.86. The van der Waals surface area contributed by atoms with E-state index in [0.29, 0.717) is 15.6 Å². The number of ether oxygens (including phenoxy) is 1. The van der Waals surface area contributed by atoms with Gasteiger partial charge in [-0.3, -0.25) is 4.79 Å². The third-order valence-corrected chi connectivity index (χ3v) is 4.47. The molecule has 0 unspecified atom stereocenters. The zero-order valence-electron chi connectivity index (χ0n) is 13.0. The van der Waals surface area contributed by atoms with E-state index in [1.54, 1.807) is 25.1 Å². The van der Waals surface area contributed by atoms with E-state index < -0.39 is 24.0 Å². The molecule has 1 aromatic rings. The van der Waals surface area contributed by atoms with E-state index >= 15 is 0 Å². The summed E-state index contributed by atoms with van der Waals surface area (Å²) >= 11 is 11.7. The molecule has 0 spiro atoms. The van der Waals surface area contributed by atoms with Gasteiger partial charge in [-0.1, -0.05) is 29.3 Å². The summed E-state index contributed by atoms with van der Waals surface area (Å²) in [4.78, 5) is 23.5. The molecule has 2 rings (SSSR count). The first-order chi connectivity index (χ1) is 11.3. The van der Waals surface area contributed by atoms with Crippen LogP contribution in [-0.4, -0.2) is 24.0 Å². The smallest absolute Gasteiger partial charge is 0.331 e. The van der Waals surface area contributed by atoms with Crippen LogP contribution < -0.4 is 5.32 Å². The Kier molecular flexibility index (Phi) is 5.87. The molecular weight excluding hydrogens is 351 g/mol. The number of nitriles is 1. The van der Waals surface area contributed by atoms with E-state index in [9.17, 15) is 14.9 Å². The first kappa shape index (κ1) is 18.3. The van der Waals surface area contributed by atoms with Crippen LogP contribution in [0, 0.1) is 17.2 Å².